The highest BCUT2D eigenvalue weighted by Crippen LogP contribution is 2.38. The Balaban J connectivity index is 1.66. The lowest BCUT2D eigenvalue weighted by molar-refractivity contribution is 0.235. The molecule has 2 N–H and O–H groups in total. The van der Waals surface area contributed by atoms with Gasteiger partial charge in [-0.3, -0.25) is 5.32 Å². The van der Waals surface area contributed by atoms with Gasteiger partial charge >= 0.3 is 6.03 Å². The zero-order chi connectivity index (χ0) is 15.5. The van der Waals surface area contributed by atoms with Crippen molar-refractivity contribution in [1.29, 1.82) is 0 Å². The Morgan fingerprint density at radius 1 is 1.41 bits per heavy atom. The van der Waals surface area contributed by atoms with Crippen LogP contribution in [0.2, 0.25) is 0 Å². The predicted octanol–water partition coefficient (Wildman–Crippen LogP) is 2.26. The van der Waals surface area contributed by atoms with Gasteiger partial charge in [0.15, 0.2) is 5.82 Å². The molecule has 1 atom stereocenters. The van der Waals surface area contributed by atoms with Crippen molar-refractivity contribution in [3.05, 3.63) is 30.3 Å². The second-order valence-electron chi connectivity index (χ2n) is 5.68. The molecular formula is C14H18N6O2. The number of nitrogens with one attached hydrogen (secondary N) is 2. The molecule has 8 nitrogen and oxygen atoms in total. The number of carbonyl (C=O) groups excluding carboxylic acids is 1. The van der Waals surface area contributed by atoms with Gasteiger partial charge in [0, 0.05) is 12.1 Å². The summed E-state index contributed by atoms with van der Waals surface area (Å²) in [5.41, 5.74) is 0. The van der Waals surface area contributed by atoms with Gasteiger partial charge in [-0.15, -0.1) is 0 Å². The molecule has 1 aliphatic rings. The summed E-state index contributed by atoms with van der Waals surface area (Å²) in [6, 6.07) is 0.896. The van der Waals surface area contributed by atoms with Gasteiger partial charge in [-0.1, -0.05) is 19.0 Å². The number of carbonyl (C=O) groups is 1. The van der Waals surface area contributed by atoms with Gasteiger partial charge in [0.2, 0.25) is 5.89 Å². The van der Waals surface area contributed by atoms with Crippen LogP contribution in [0, 0.1) is 5.92 Å². The van der Waals surface area contributed by atoms with Gasteiger partial charge in [-0.2, -0.15) is 4.98 Å². The SMILES string of the molecule is CC(C)C(NC(=O)Nc1ccncn1)c1nc(C2CC2)no1. The van der Waals surface area contributed by atoms with Crippen LogP contribution in [0.3, 0.4) is 0 Å². The first-order valence-corrected chi connectivity index (χ1v) is 7.30. The van der Waals surface area contributed by atoms with Gasteiger partial charge in [-0.25, -0.2) is 14.8 Å². The minimum atomic E-state index is -0.372. The summed E-state index contributed by atoms with van der Waals surface area (Å²) in [6.07, 6.45) is 5.14. The summed E-state index contributed by atoms with van der Waals surface area (Å²) in [5.74, 6) is 2.14. The van der Waals surface area contributed by atoms with E-state index in [1.165, 1.54) is 6.33 Å². The normalized spacial score (nSPS) is 15.6. The molecule has 1 unspecified atom stereocenters. The number of nitrogens with zero attached hydrogens (tertiary/aromatic N) is 4. The maximum absolute atomic E-state index is 12.1. The van der Waals surface area contributed by atoms with Gasteiger partial charge in [0.1, 0.15) is 18.2 Å². The Hall–Kier alpha value is -2.51. The van der Waals surface area contributed by atoms with E-state index in [9.17, 15) is 4.79 Å². The van der Waals surface area contributed by atoms with E-state index in [1.807, 2.05) is 13.8 Å². The number of anilines is 1. The van der Waals surface area contributed by atoms with Crippen molar-refractivity contribution in [3.63, 3.8) is 0 Å². The van der Waals surface area contributed by atoms with Gasteiger partial charge in [-0.05, 0) is 24.8 Å². The van der Waals surface area contributed by atoms with E-state index < -0.39 is 0 Å². The van der Waals surface area contributed by atoms with Crippen LogP contribution in [0.1, 0.15) is 50.4 Å². The number of rotatable bonds is 5. The van der Waals surface area contributed by atoms with Crippen molar-refractivity contribution in [2.45, 2.75) is 38.6 Å². The first-order valence-electron chi connectivity index (χ1n) is 7.30. The molecule has 0 aromatic carbocycles. The molecular weight excluding hydrogens is 284 g/mol. The lowest BCUT2D eigenvalue weighted by atomic mass is 10.0. The minimum Gasteiger partial charge on any atom is -0.337 e. The molecule has 3 rings (SSSR count). The highest BCUT2D eigenvalue weighted by atomic mass is 16.5. The zero-order valence-corrected chi connectivity index (χ0v) is 12.5. The Morgan fingerprint density at radius 3 is 2.86 bits per heavy atom. The molecule has 2 aromatic rings. The molecule has 1 saturated carbocycles. The minimum absolute atomic E-state index is 0.114. The van der Waals surface area contributed by atoms with E-state index in [0.717, 1.165) is 18.7 Å². The van der Waals surface area contributed by atoms with Crippen molar-refractivity contribution < 1.29 is 9.32 Å². The predicted molar refractivity (Wildman–Crippen MR) is 78.0 cm³/mol. The lowest BCUT2D eigenvalue weighted by Crippen LogP contribution is -2.35. The average molecular weight is 302 g/mol. The largest absolute Gasteiger partial charge is 0.337 e. The van der Waals surface area contributed by atoms with Crippen LogP contribution >= 0.6 is 0 Å². The molecule has 116 valence electrons. The number of amides is 2. The Bertz CT molecular complexity index is 638. The monoisotopic (exact) mass is 302 g/mol. The fourth-order valence-electron chi connectivity index (χ4n) is 2.05. The van der Waals surface area contributed by atoms with Crippen LogP contribution in [0.5, 0.6) is 0 Å². The molecule has 0 bridgehead atoms. The average Bonchev–Trinajstić information content (AvgIpc) is 3.24. The summed E-state index contributed by atoms with van der Waals surface area (Å²) < 4.78 is 5.31. The van der Waals surface area contributed by atoms with Crippen LogP contribution in [0.4, 0.5) is 10.6 Å². The number of hydrogen-bond acceptors (Lipinski definition) is 6. The molecule has 2 aromatic heterocycles. The Morgan fingerprint density at radius 2 is 2.23 bits per heavy atom. The molecule has 1 aliphatic carbocycles. The molecule has 2 heterocycles. The van der Waals surface area contributed by atoms with E-state index in [2.05, 4.69) is 30.7 Å². The second kappa shape index (κ2) is 6.08. The quantitative estimate of drug-likeness (QED) is 0.877. The van der Waals surface area contributed by atoms with Crippen molar-refractivity contribution in [2.24, 2.45) is 5.92 Å². The highest BCUT2D eigenvalue weighted by Gasteiger charge is 2.31. The van der Waals surface area contributed by atoms with E-state index in [0.29, 0.717) is 17.6 Å². The third kappa shape index (κ3) is 3.38. The molecule has 8 heteroatoms. The third-order valence-corrected chi connectivity index (χ3v) is 3.44. The Labute approximate surface area is 127 Å². The molecule has 2 amide bonds. The van der Waals surface area contributed by atoms with Gasteiger partial charge in [0.05, 0.1) is 0 Å². The van der Waals surface area contributed by atoms with Crippen LogP contribution in [0.25, 0.3) is 0 Å². The summed E-state index contributed by atoms with van der Waals surface area (Å²) in [4.78, 5) is 24.2. The maximum atomic E-state index is 12.1. The third-order valence-electron chi connectivity index (χ3n) is 3.44. The van der Waals surface area contributed by atoms with Crippen LogP contribution in [-0.2, 0) is 0 Å². The van der Waals surface area contributed by atoms with Gasteiger partial charge < -0.3 is 9.84 Å². The number of urea groups is 1. The standard InChI is InChI=1S/C14H18N6O2/c1-8(2)11(13-19-12(20-22-13)9-3-4-9)18-14(21)17-10-5-6-15-7-16-10/h5-9,11H,3-4H2,1-2H3,(H2,15,16,17,18,21). The number of hydrogen-bond donors (Lipinski definition) is 2. The summed E-state index contributed by atoms with van der Waals surface area (Å²) >= 11 is 0. The van der Waals surface area contributed by atoms with E-state index in [4.69, 9.17) is 4.52 Å². The molecule has 1 fully saturated rings. The topological polar surface area (TPSA) is 106 Å². The van der Waals surface area contributed by atoms with Crippen LogP contribution in [0.15, 0.2) is 23.1 Å². The van der Waals surface area contributed by atoms with Crippen molar-refractivity contribution in [1.82, 2.24) is 25.4 Å². The van der Waals surface area contributed by atoms with E-state index in [1.54, 1.807) is 12.3 Å². The molecule has 0 saturated heterocycles. The first kappa shape index (κ1) is 14.4. The maximum Gasteiger partial charge on any atom is 0.321 e. The van der Waals surface area contributed by atoms with E-state index >= 15 is 0 Å². The molecule has 22 heavy (non-hydrogen) atoms. The van der Waals surface area contributed by atoms with Gasteiger partial charge in [0.25, 0.3) is 0 Å². The van der Waals surface area contributed by atoms with Crippen LogP contribution < -0.4 is 10.6 Å². The first-order chi connectivity index (χ1) is 10.6. The summed E-state index contributed by atoms with van der Waals surface area (Å²) in [5, 5.41) is 9.49. The molecule has 0 aliphatic heterocycles. The highest BCUT2D eigenvalue weighted by molar-refractivity contribution is 5.88. The fourth-order valence-corrected chi connectivity index (χ4v) is 2.05. The molecule has 0 radical (unpaired) electrons. The second-order valence-corrected chi connectivity index (χ2v) is 5.68. The smallest absolute Gasteiger partial charge is 0.321 e. The fraction of sp³-hybridized carbons (Fsp3) is 0.500. The molecule has 0 spiro atoms. The lowest BCUT2D eigenvalue weighted by Gasteiger charge is -2.18. The van der Waals surface area contributed by atoms with E-state index in [-0.39, 0.29) is 18.0 Å². The van der Waals surface area contributed by atoms with Crippen molar-refractivity contribution in [2.75, 3.05) is 5.32 Å². The number of aromatic nitrogens is 4. The van der Waals surface area contributed by atoms with Crippen LogP contribution in [-0.4, -0.2) is 26.1 Å². The summed E-state index contributed by atoms with van der Waals surface area (Å²) in [7, 11) is 0. The van der Waals surface area contributed by atoms with Crippen molar-refractivity contribution >= 4 is 11.8 Å². The zero-order valence-electron chi connectivity index (χ0n) is 12.5. The van der Waals surface area contributed by atoms with Crippen molar-refractivity contribution in [3.8, 4) is 0 Å². The Kier molecular flexibility index (Phi) is 3.99. The summed E-state index contributed by atoms with van der Waals surface area (Å²) in [6.45, 7) is 3.97.